The van der Waals surface area contributed by atoms with Crippen molar-refractivity contribution in [2.45, 2.75) is 77.2 Å². The van der Waals surface area contributed by atoms with Crippen LogP contribution in [0.5, 0.6) is 34.5 Å². The molecule has 0 atom stereocenters. The van der Waals surface area contributed by atoms with Crippen LogP contribution < -0.4 is 40.5 Å². The number of hydrogen-bond acceptors (Lipinski definition) is 18. The molecule has 4 aromatic carbocycles. The van der Waals surface area contributed by atoms with Crippen molar-refractivity contribution in [3.05, 3.63) is 117 Å². The molecule has 0 radical (unpaired) electrons. The van der Waals surface area contributed by atoms with Gasteiger partial charge < -0.3 is 59.8 Å². The molecule has 20 nitrogen and oxygen atoms in total. The molecule has 2 aliphatic heterocycles. The number of carbonyl (C=O) groups is 6. The number of anilines is 2. The highest BCUT2D eigenvalue weighted by atomic mass is 16.6. The number of Topliss-reactive ketones (excluding diaryl/α,β-unsaturated/α-hetero) is 1. The maximum Gasteiger partial charge on any atom is 0.340 e. The van der Waals surface area contributed by atoms with Gasteiger partial charge in [-0.05, 0) is 79.8 Å². The summed E-state index contributed by atoms with van der Waals surface area (Å²) in [5, 5.41) is 11.8. The number of carbonyl (C=O) groups excluding carboxylic acids is 5. The van der Waals surface area contributed by atoms with Crippen molar-refractivity contribution in [1.82, 2.24) is 15.3 Å². The monoisotopic (exact) mass is 1030 g/mol. The van der Waals surface area contributed by atoms with Crippen LogP contribution >= 0.6 is 0 Å². The molecule has 0 aliphatic carbocycles. The van der Waals surface area contributed by atoms with Crippen LogP contribution in [-0.2, 0) is 45.4 Å². The number of carboxylic acids is 1. The van der Waals surface area contributed by atoms with Crippen molar-refractivity contribution in [2.24, 2.45) is 0 Å². The predicted molar refractivity (Wildman–Crippen MR) is 270 cm³/mol. The van der Waals surface area contributed by atoms with Crippen LogP contribution in [-0.4, -0.2) is 97.3 Å². The van der Waals surface area contributed by atoms with E-state index in [-0.39, 0.29) is 104 Å². The molecular formula is C55H57N5O15. The number of aliphatic carboxylic acids is 1. The lowest BCUT2D eigenvalue weighted by Crippen LogP contribution is -2.33. The first-order valence-corrected chi connectivity index (χ1v) is 24.2. The average molecular weight is 1030 g/mol. The molecule has 0 bridgehead atoms. The Hall–Kier alpha value is -8.54. The lowest BCUT2D eigenvalue weighted by Gasteiger charge is -2.36. The number of nitrogens with two attached hydrogens (primary N) is 2. The highest BCUT2D eigenvalue weighted by Crippen LogP contribution is 2.57. The molecule has 2 aliphatic rings. The maximum atomic E-state index is 13.6. The van der Waals surface area contributed by atoms with E-state index in [4.69, 9.17) is 54.5 Å². The Morgan fingerprint density at radius 2 is 1.48 bits per heavy atom. The lowest BCUT2D eigenvalue weighted by molar-refractivity contribution is -0.137. The second-order valence-corrected chi connectivity index (χ2v) is 17.4. The highest BCUT2D eigenvalue weighted by molar-refractivity contribution is 6.01. The van der Waals surface area contributed by atoms with Gasteiger partial charge in [0.15, 0.2) is 22.9 Å². The molecule has 7 rings (SSSR count). The number of aromatic nitrogens is 2. The van der Waals surface area contributed by atoms with Crippen LogP contribution in [0.3, 0.4) is 0 Å². The summed E-state index contributed by atoms with van der Waals surface area (Å²) in [4.78, 5) is 82.2. The van der Waals surface area contributed by atoms with E-state index in [1.165, 1.54) is 33.1 Å². The van der Waals surface area contributed by atoms with E-state index < -0.39 is 29.5 Å². The van der Waals surface area contributed by atoms with Gasteiger partial charge in [-0.2, -0.15) is 4.98 Å². The molecule has 6 N–H and O–H groups in total. The van der Waals surface area contributed by atoms with Crippen molar-refractivity contribution in [1.29, 1.82) is 0 Å². The number of nitrogens with zero attached hydrogens (tertiary/aromatic N) is 2. The van der Waals surface area contributed by atoms with E-state index in [1.807, 2.05) is 12.1 Å². The van der Waals surface area contributed by atoms with Gasteiger partial charge in [0.1, 0.15) is 28.8 Å². The Morgan fingerprint density at radius 3 is 2.15 bits per heavy atom. The number of benzene rings is 4. The fraction of sp³-hybridized carbons (Fsp3) is 0.345. The third kappa shape index (κ3) is 14.0. The summed E-state index contributed by atoms with van der Waals surface area (Å²) < 4.78 is 46.2. The Kier molecular flexibility index (Phi) is 18.4. The zero-order chi connectivity index (χ0) is 53.5. The minimum absolute atomic E-state index is 0.00853. The molecule has 1 spiro atoms. The molecule has 5 aromatic rings. The quantitative estimate of drug-likeness (QED) is 0.0157. The van der Waals surface area contributed by atoms with E-state index in [9.17, 15) is 28.8 Å². The van der Waals surface area contributed by atoms with E-state index in [2.05, 4.69) is 27.1 Å². The molecule has 1 aromatic heterocycles. The third-order valence-corrected chi connectivity index (χ3v) is 11.8. The molecule has 0 saturated carbocycles. The molecule has 0 fully saturated rings. The molecular weight excluding hydrogens is 971 g/mol. The second-order valence-electron chi connectivity index (χ2n) is 17.4. The summed E-state index contributed by atoms with van der Waals surface area (Å²) in [7, 11) is 1.52. The van der Waals surface area contributed by atoms with E-state index in [0.29, 0.717) is 89.9 Å². The van der Waals surface area contributed by atoms with Crippen molar-refractivity contribution >= 4 is 47.3 Å². The number of nitrogen functional groups attached to an aromatic ring is 2. The number of methoxy groups -OCH3 is 1. The number of hydrogen-bond donors (Lipinski definition) is 4. The number of ether oxygens (including phenoxy) is 8. The van der Waals surface area contributed by atoms with Gasteiger partial charge in [-0.15, -0.1) is 0 Å². The Labute approximate surface area is 432 Å². The van der Waals surface area contributed by atoms with Crippen molar-refractivity contribution in [2.75, 3.05) is 58.2 Å². The summed E-state index contributed by atoms with van der Waals surface area (Å²) in [5.41, 5.74) is 14.1. The summed E-state index contributed by atoms with van der Waals surface area (Å²) in [6.07, 6.45) is 4.68. The predicted octanol–water partition coefficient (Wildman–Crippen LogP) is 6.63. The Bertz CT molecular complexity index is 2970. The SMILES string of the molecule is COc1cc(Cc2cnc(N)nc2N)cc(C#CCCCC(=O)O)c1OCCCCC(=O)NCCOCCOCCCC(=O)c1ccc2c(c1)C1(OC2=O)c2ccc(OC(C)=O)cc2Oc2cc(OC(C)=O)ccc21. The zero-order valence-electron chi connectivity index (χ0n) is 41.7. The van der Waals surface area contributed by atoms with Gasteiger partial charge in [-0.1, -0.05) is 17.9 Å². The number of unbranched alkanes of at least 4 members (excludes halogenated alkanes) is 2. The van der Waals surface area contributed by atoms with Crippen LogP contribution in [0.25, 0.3) is 0 Å². The van der Waals surface area contributed by atoms with Gasteiger partial charge in [0.25, 0.3) is 0 Å². The van der Waals surface area contributed by atoms with Crippen LogP contribution in [0.2, 0.25) is 0 Å². The lowest BCUT2D eigenvalue weighted by atomic mass is 9.77. The van der Waals surface area contributed by atoms with Crippen molar-refractivity contribution in [3.63, 3.8) is 0 Å². The first-order chi connectivity index (χ1) is 36.1. The zero-order valence-corrected chi connectivity index (χ0v) is 41.7. The smallest absolute Gasteiger partial charge is 0.340 e. The fourth-order valence-corrected chi connectivity index (χ4v) is 8.46. The normalized spacial score (nSPS) is 12.4. The van der Waals surface area contributed by atoms with Crippen LogP contribution in [0.15, 0.2) is 72.9 Å². The van der Waals surface area contributed by atoms with Crippen LogP contribution in [0.1, 0.15) is 119 Å². The maximum absolute atomic E-state index is 13.6. The number of rotatable bonds is 25. The number of ketones is 1. The molecule has 75 heavy (non-hydrogen) atoms. The standard InChI is InChI=1S/C55H57N5O15/c1-33(61)72-39-15-18-42-46(30-39)74-47-31-40(73-34(2)62)16-19-43(47)55(42)44-29-36(14-17-41(44)53(67)75-55)45(63)11-9-21-69-24-25-70-23-20-58-49(64)12-7-8-22-71-51-37(10-5-4-6-13-50(65)66)26-35(28-48(51)68-3)27-38-32-59-54(57)60-52(38)56/h14-19,26,28-32H,4,6-9,11-13,20-25,27H2,1-3H3,(H,58,64)(H,65,66)(H4,56,57,59,60). The van der Waals surface area contributed by atoms with Gasteiger partial charge in [-0.25, -0.2) is 9.78 Å². The van der Waals surface area contributed by atoms with Gasteiger partial charge in [0, 0.05) is 105 Å². The van der Waals surface area contributed by atoms with E-state index >= 15 is 0 Å². The summed E-state index contributed by atoms with van der Waals surface area (Å²) in [6.45, 7) is 4.24. The summed E-state index contributed by atoms with van der Waals surface area (Å²) in [6, 6.07) is 17.8. The molecule has 0 unspecified atom stereocenters. The highest BCUT2D eigenvalue weighted by Gasteiger charge is 2.54. The van der Waals surface area contributed by atoms with Crippen molar-refractivity contribution in [3.8, 4) is 46.3 Å². The summed E-state index contributed by atoms with van der Waals surface area (Å²) >= 11 is 0. The average Bonchev–Trinajstić information content (AvgIpc) is 3.71. The Morgan fingerprint density at radius 1 is 0.773 bits per heavy atom. The molecule has 0 saturated heterocycles. The van der Waals surface area contributed by atoms with Gasteiger partial charge in [-0.3, -0.25) is 24.0 Å². The second kappa shape index (κ2) is 25.4. The first kappa shape index (κ1) is 54.2. The summed E-state index contributed by atoms with van der Waals surface area (Å²) in [5.74, 6) is 5.27. The molecule has 1 amide bonds. The first-order valence-electron chi connectivity index (χ1n) is 24.2. The largest absolute Gasteiger partial charge is 0.493 e. The van der Waals surface area contributed by atoms with Gasteiger partial charge in [0.05, 0.1) is 44.7 Å². The number of esters is 3. The van der Waals surface area contributed by atoms with E-state index in [0.717, 1.165) is 5.56 Å². The van der Waals surface area contributed by atoms with E-state index in [1.54, 1.807) is 48.7 Å². The van der Waals surface area contributed by atoms with Gasteiger partial charge in [0.2, 0.25) is 11.9 Å². The topological polar surface area (TPSA) is 286 Å². The van der Waals surface area contributed by atoms with Gasteiger partial charge >= 0.3 is 23.9 Å². The third-order valence-electron chi connectivity index (χ3n) is 11.8. The number of carboxylic acid groups (broad SMARTS) is 1. The minimum atomic E-state index is -1.55. The minimum Gasteiger partial charge on any atom is -0.493 e. The fourth-order valence-electron chi connectivity index (χ4n) is 8.46. The number of nitrogens with one attached hydrogen (secondary N) is 1. The molecule has 3 heterocycles. The van der Waals surface area contributed by atoms with Crippen LogP contribution in [0, 0.1) is 11.8 Å². The number of fused-ring (bicyclic) bond motifs is 6. The van der Waals surface area contributed by atoms with Crippen LogP contribution in [0.4, 0.5) is 11.8 Å². The molecule has 20 heteroatoms. The Balaban J connectivity index is 0.827. The number of amides is 1. The van der Waals surface area contributed by atoms with Crippen molar-refractivity contribution < 1.29 is 71.8 Å². The molecule has 392 valence electrons.